The molecule has 0 spiro atoms. The van der Waals surface area contributed by atoms with Crippen LogP contribution in [0.1, 0.15) is 32.4 Å². The molecule has 0 unspecified atom stereocenters. The molecule has 6 atom stereocenters. The van der Waals surface area contributed by atoms with E-state index in [9.17, 15) is 14.0 Å². The predicted octanol–water partition coefficient (Wildman–Crippen LogP) is 4.58. The normalized spacial score (nSPS) is 31.2. The molecule has 6 heteroatoms. The first-order chi connectivity index (χ1) is 15.9. The molecule has 2 aliphatic heterocycles. The lowest BCUT2D eigenvalue weighted by atomic mass is 9.59. The van der Waals surface area contributed by atoms with E-state index in [1.165, 1.54) is 12.1 Å². The molecule has 1 saturated carbocycles. The quantitative estimate of drug-likeness (QED) is 0.645. The van der Waals surface area contributed by atoms with Gasteiger partial charge in [-0.1, -0.05) is 24.3 Å². The summed E-state index contributed by atoms with van der Waals surface area (Å²) in [4.78, 5) is 31.0. The Kier molecular flexibility index (Phi) is 5.77. The first-order valence-corrected chi connectivity index (χ1v) is 11.8. The van der Waals surface area contributed by atoms with Gasteiger partial charge in [0.1, 0.15) is 11.9 Å². The van der Waals surface area contributed by atoms with Crippen LogP contribution in [0, 0.1) is 35.4 Å². The number of benzene rings is 1. The van der Waals surface area contributed by atoms with Gasteiger partial charge in [0.05, 0.1) is 11.6 Å². The lowest BCUT2D eigenvalue weighted by Crippen LogP contribution is -2.51. The highest BCUT2D eigenvalue weighted by Crippen LogP contribution is 2.51. The highest BCUT2D eigenvalue weighted by Gasteiger charge is 2.54. The third kappa shape index (κ3) is 4.19. The van der Waals surface area contributed by atoms with Gasteiger partial charge in [-0.05, 0) is 67.4 Å². The fourth-order valence-electron chi connectivity index (χ4n) is 6.20. The van der Waals surface area contributed by atoms with Crippen molar-refractivity contribution in [3.8, 4) is 11.1 Å². The molecule has 172 valence electrons. The number of rotatable bonds is 3. The van der Waals surface area contributed by atoms with Crippen LogP contribution in [0.2, 0.25) is 0 Å². The van der Waals surface area contributed by atoms with Crippen molar-refractivity contribution in [2.24, 2.45) is 29.6 Å². The van der Waals surface area contributed by atoms with Gasteiger partial charge >= 0.3 is 5.97 Å². The molecule has 2 saturated heterocycles. The zero-order valence-electron chi connectivity index (χ0n) is 19.0. The molecule has 0 N–H and O–H groups in total. The van der Waals surface area contributed by atoms with Crippen LogP contribution in [0.4, 0.5) is 4.39 Å². The zero-order valence-corrected chi connectivity index (χ0v) is 19.0. The van der Waals surface area contributed by atoms with E-state index in [-0.39, 0.29) is 41.6 Å². The van der Waals surface area contributed by atoms with E-state index in [1.807, 2.05) is 36.1 Å². The number of fused-ring (bicyclic) bond motifs is 2. The topological polar surface area (TPSA) is 59.5 Å². The van der Waals surface area contributed by atoms with Gasteiger partial charge in [-0.15, -0.1) is 0 Å². The highest BCUT2D eigenvalue weighted by molar-refractivity contribution is 5.76. The summed E-state index contributed by atoms with van der Waals surface area (Å²) in [5.74, 6) is 0.720. The summed E-state index contributed by atoms with van der Waals surface area (Å²) in [5, 5.41) is 0. The van der Waals surface area contributed by atoms with E-state index in [0.29, 0.717) is 11.8 Å². The summed E-state index contributed by atoms with van der Waals surface area (Å²) in [7, 11) is 0. The number of pyridine rings is 1. The van der Waals surface area contributed by atoms with Gasteiger partial charge < -0.3 is 9.64 Å². The first-order valence-electron chi connectivity index (χ1n) is 11.8. The van der Waals surface area contributed by atoms with Crippen molar-refractivity contribution in [3.63, 3.8) is 0 Å². The maximum Gasteiger partial charge on any atom is 0.309 e. The van der Waals surface area contributed by atoms with Crippen molar-refractivity contribution >= 4 is 18.0 Å². The maximum atomic E-state index is 13.5. The third-order valence-electron chi connectivity index (χ3n) is 7.78. The predicted molar refractivity (Wildman–Crippen MR) is 123 cm³/mol. The summed E-state index contributed by atoms with van der Waals surface area (Å²) >= 11 is 0. The van der Waals surface area contributed by atoms with E-state index in [2.05, 4.69) is 11.1 Å². The fourth-order valence-corrected chi connectivity index (χ4v) is 6.20. The minimum Gasteiger partial charge on any atom is -0.462 e. The van der Waals surface area contributed by atoms with E-state index in [4.69, 9.17) is 4.74 Å². The number of ether oxygens (including phenoxy) is 1. The number of halogens is 1. The molecule has 0 radical (unpaired) electrons. The number of hydrogen-bond donors (Lipinski definition) is 0. The second-order valence-electron chi connectivity index (χ2n) is 9.66. The SMILES string of the molecule is CC(=O)N1CC[C@@H]2[C@H](C[C@H]3C(=O)O[C@H](C)[C@H]3[C@H]2/C=C/c2ccc(-c3cccc(F)c3)cn2)C1. The van der Waals surface area contributed by atoms with Crippen LogP contribution in [0.3, 0.4) is 0 Å². The van der Waals surface area contributed by atoms with E-state index in [0.717, 1.165) is 42.8 Å². The Morgan fingerprint density at radius 3 is 2.82 bits per heavy atom. The first kappa shape index (κ1) is 21.8. The van der Waals surface area contributed by atoms with Crippen LogP contribution in [0.5, 0.6) is 0 Å². The summed E-state index contributed by atoms with van der Waals surface area (Å²) < 4.78 is 19.2. The van der Waals surface area contributed by atoms with Gasteiger partial charge in [-0.3, -0.25) is 14.6 Å². The van der Waals surface area contributed by atoms with Crippen LogP contribution in [0.25, 0.3) is 17.2 Å². The number of nitrogens with zero attached hydrogens (tertiary/aromatic N) is 2. The molecule has 1 aromatic heterocycles. The Morgan fingerprint density at radius 1 is 1.24 bits per heavy atom. The number of carbonyl (C=O) groups excluding carboxylic acids is 2. The Morgan fingerprint density at radius 2 is 2.09 bits per heavy atom. The fraction of sp³-hybridized carbons (Fsp3) is 0.444. The average molecular weight is 449 g/mol. The Hall–Kier alpha value is -3.02. The Labute approximate surface area is 193 Å². The van der Waals surface area contributed by atoms with E-state index < -0.39 is 0 Å². The van der Waals surface area contributed by atoms with Crippen molar-refractivity contribution in [2.75, 3.05) is 13.1 Å². The van der Waals surface area contributed by atoms with Crippen LogP contribution in [-0.4, -0.2) is 41.0 Å². The van der Waals surface area contributed by atoms with Crippen molar-refractivity contribution < 1.29 is 18.7 Å². The number of hydrogen-bond acceptors (Lipinski definition) is 4. The second kappa shape index (κ2) is 8.73. The number of carbonyl (C=O) groups is 2. The van der Waals surface area contributed by atoms with Gasteiger partial charge in [0.2, 0.25) is 5.91 Å². The molecule has 1 amide bonds. The molecule has 2 aromatic rings. The number of cyclic esters (lactones) is 1. The number of piperidine rings is 1. The van der Waals surface area contributed by atoms with Gasteiger partial charge in [-0.2, -0.15) is 0 Å². The molecule has 1 aromatic carbocycles. The van der Waals surface area contributed by atoms with Gasteiger partial charge in [-0.25, -0.2) is 4.39 Å². The molecular weight excluding hydrogens is 419 g/mol. The number of likely N-dealkylation sites (tertiary alicyclic amines) is 1. The average Bonchev–Trinajstić information content (AvgIpc) is 3.09. The second-order valence-corrected chi connectivity index (χ2v) is 9.66. The smallest absolute Gasteiger partial charge is 0.309 e. The summed E-state index contributed by atoms with van der Waals surface area (Å²) in [5.41, 5.74) is 2.49. The van der Waals surface area contributed by atoms with Crippen LogP contribution in [-0.2, 0) is 14.3 Å². The van der Waals surface area contributed by atoms with Crippen molar-refractivity contribution in [1.29, 1.82) is 0 Å². The van der Waals surface area contributed by atoms with Crippen molar-refractivity contribution in [1.82, 2.24) is 9.88 Å². The Balaban J connectivity index is 1.39. The minimum absolute atomic E-state index is 0.0955. The lowest BCUT2D eigenvalue weighted by molar-refractivity contribution is -0.144. The van der Waals surface area contributed by atoms with Gasteiger partial charge in [0.15, 0.2) is 0 Å². The van der Waals surface area contributed by atoms with Crippen LogP contribution in [0.15, 0.2) is 48.7 Å². The van der Waals surface area contributed by atoms with Crippen molar-refractivity contribution in [2.45, 2.75) is 32.8 Å². The maximum absolute atomic E-state index is 13.5. The highest BCUT2D eigenvalue weighted by atomic mass is 19.1. The summed E-state index contributed by atoms with van der Waals surface area (Å²) in [6, 6.07) is 10.4. The number of allylic oxidation sites excluding steroid dienone is 1. The van der Waals surface area contributed by atoms with Crippen LogP contribution < -0.4 is 0 Å². The molecule has 0 bridgehead atoms. The van der Waals surface area contributed by atoms with Crippen LogP contribution >= 0.6 is 0 Å². The molecule has 3 fully saturated rings. The number of amides is 1. The molecule has 3 aliphatic rings. The summed E-state index contributed by atoms with van der Waals surface area (Å²) in [6.07, 6.45) is 7.64. The Bertz CT molecular complexity index is 1080. The molecule has 1 aliphatic carbocycles. The monoisotopic (exact) mass is 448 g/mol. The van der Waals surface area contributed by atoms with E-state index >= 15 is 0 Å². The molecule has 33 heavy (non-hydrogen) atoms. The van der Waals surface area contributed by atoms with Gasteiger partial charge in [0.25, 0.3) is 0 Å². The zero-order chi connectivity index (χ0) is 23.1. The number of esters is 1. The number of aromatic nitrogens is 1. The van der Waals surface area contributed by atoms with E-state index in [1.54, 1.807) is 19.2 Å². The standard InChI is InChI=1S/C27H29FN2O3/c1-16-26-24(9-8-22-7-6-19(14-29-22)18-4-3-5-21(28)12-18)23-10-11-30(17(2)31)15-20(23)13-25(26)27(32)33-16/h3-9,12,14,16,20,23-26H,10-11,13,15H2,1-2H3/b9-8+/t16-,20-,23-,24+,25-,26+/m1/s1. The molecule has 5 nitrogen and oxygen atoms in total. The molecule has 5 rings (SSSR count). The third-order valence-corrected chi connectivity index (χ3v) is 7.78. The minimum atomic E-state index is -0.267. The molecular formula is C27H29FN2O3. The largest absolute Gasteiger partial charge is 0.462 e. The summed E-state index contributed by atoms with van der Waals surface area (Å²) in [6.45, 7) is 5.10. The molecule has 3 heterocycles. The van der Waals surface area contributed by atoms with Gasteiger partial charge in [0, 0.05) is 37.7 Å². The lowest BCUT2D eigenvalue weighted by Gasteiger charge is -2.48. The van der Waals surface area contributed by atoms with Crippen molar-refractivity contribution in [3.05, 3.63) is 60.2 Å².